The summed E-state index contributed by atoms with van der Waals surface area (Å²) in [7, 11) is 0. The summed E-state index contributed by atoms with van der Waals surface area (Å²) in [5.41, 5.74) is 7.65. The van der Waals surface area contributed by atoms with Crippen LogP contribution in [0.2, 0.25) is 0 Å². The van der Waals surface area contributed by atoms with Crippen LogP contribution in [0.5, 0.6) is 0 Å². The van der Waals surface area contributed by atoms with Gasteiger partial charge in [-0.05, 0) is 24.0 Å². The van der Waals surface area contributed by atoms with Gasteiger partial charge in [0.15, 0.2) is 0 Å². The molecule has 0 heterocycles. The summed E-state index contributed by atoms with van der Waals surface area (Å²) in [5, 5.41) is 10.8. The highest BCUT2D eigenvalue weighted by Crippen LogP contribution is 2.44. The number of hydrogen-bond acceptors (Lipinski definition) is 2. The third-order valence-corrected chi connectivity index (χ3v) is 4.36. The molecule has 19 heavy (non-hydrogen) atoms. The van der Waals surface area contributed by atoms with Gasteiger partial charge in [-0.15, -0.1) is 0 Å². The summed E-state index contributed by atoms with van der Waals surface area (Å²) in [6.07, 6.45) is 9.08. The van der Waals surface area contributed by atoms with Crippen LogP contribution in [0, 0.1) is 0 Å². The van der Waals surface area contributed by atoms with Gasteiger partial charge in [-0.3, -0.25) is 0 Å². The van der Waals surface area contributed by atoms with Crippen molar-refractivity contribution in [1.82, 2.24) is 0 Å². The van der Waals surface area contributed by atoms with Gasteiger partial charge in [-0.2, -0.15) is 0 Å². The molecule has 2 heteroatoms. The summed E-state index contributed by atoms with van der Waals surface area (Å²) in [4.78, 5) is 0. The number of benzene rings is 1. The van der Waals surface area contributed by atoms with Crippen molar-refractivity contribution in [2.45, 2.75) is 69.9 Å². The molecule has 0 radical (unpaired) electrons. The molecule has 2 atom stereocenters. The highest BCUT2D eigenvalue weighted by atomic mass is 16.3. The fourth-order valence-electron chi connectivity index (χ4n) is 3.26. The molecule has 1 aliphatic rings. The second kappa shape index (κ2) is 6.53. The molecule has 0 aliphatic heterocycles. The molecule has 0 saturated heterocycles. The van der Waals surface area contributed by atoms with E-state index in [4.69, 9.17) is 5.73 Å². The molecule has 0 spiro atoms. The predicted octanol–water partition coefficient (Wildman–Crippen LogP) is 4.03. The van der Waals surface area contributed by atoms with E-state index in [1.54, 1.807) is 0 Å². The lowest BCUT2D eigenvalue weighted by molar-refractivity contribution is 0.0222. The van der Waals surface area contributed by atoms with Crippen molar-refractivity contribution in [3.8, 4) is 0 Å². The quantitative estimate of drug-likeness (QED) is 0.728. The van der Waals surface area contributed by atoms with E-state index in [0.717, 1.165) is 24.0 Å². The molecule has 1 aliphatic carbocycles. The third-order valence-electron chi connectivity index (χ3n) is 4.36. The molecule has 2 unspecified atom stereocenters. The van der Waals surface area contributed by atoms with Crippen molar-refractivity contribution in [2.75, 3.05) is 0 Å². The van der Waals surface area contributed by atoms with Crippen molar-refractivity contribution in [2.24, 2.45) is 5.73 Å². The molecule has 0 amide bonds. The van der Waals surface area contributed by atoms with Gasteiger partial charge < -0.3 is 10.8 Å². The maximum atomic E-state index is 10.8. The Morgan fingerprint density at radius 2 is 1.84 bits per heavy atom. The molecule has 1 aromatic rings. The highest BCUT2D eigenvalue weighted by molar-refractivity contribution is 5.39. The largest absolute Gasteiger partial charge is 0.385 e. The Bertz CT molecular complexity index is 404. The van der Waals surface area contributed by atoms with Crippen LogP contribution < -0.4 is 5.73 Å². The highest BCUT2D eigenvalue weighted by Gasteiger charge is 2.39. The van der Waals surface area contributed by atoms with E-state index in [-0.39, 0.29) is 6.04 Å². The second-order valence-corrected chi connectivity index (χ2v) is 5.95. The van der Waals surface area contributed by atoms with Crippen LogP contribution in [-0.2, 0) is 5.60 Å². The van der Waals surface area contributed by atoms with Gasteiger partial charge in [0.25, 0.3) is 0 Å². The van der Waals surface area contributed by atoms with Gasteiger partial charge in [-0.1, -0.05) is 69.7 Å². The van der Waals surface area contributed by atoms with Crippen LogP contribution in [0.3, 0.4) is 0 Å². The number of nitrogens with two attached hydrogens (primary N) is 1. The molecular weight excluding hydrogens is 234 g/mol. The first kappa shape index (κ1) is 14.5. The van der Waals surface area contributed by atoms with Crippen molar-refractivity contribution in [3.63, 3.8) is 0 Å². The normalized spacial score (nSPS) is 25.5. The van der Waals surface area contributed by atoms with E-state index in [1.807, 2.05) is 18.2 Å². The molecule has 0 fully saturated rings. The fraction of sp³-hybridized carbons (Fsp3) is 0.647. The van der Waals surface area contributed by atoms with E-state index in [2.05, 4.69) is 13.0 Å². The van der Waals surface area contributed by atoms with Gasteiger partial charge in [0.05, 0.1) is 5.60 Å². The molecular formula is C17H27NO. The van der Waals surface area contributed by atoms with Crippen molar-refractivity contribution in [3.05, 3.63) is 35.4 Å². The van der Waals surface area contributed by atoms with Gasteiger partial charge >= 0.3 is 0 Å². The van der Waals surface area contributed by atoms with E-state index in [0.29, 0.717) is 6.42 Å². The Labute approximate surface area is 117 Å². The molecule has 1 aromatic carbocycles. The van der Waals surface area contributed by atoms with Crippen molar-refractivity contribution < 1.29 is 5.11 Å². The minimum absolute atomic E-state index is 0.00120. The first-order valence-electron chi connectivity index (χ1n) is 7.75. The Hall–Kier alpha value is -0.860. The summed E-state index contributed by atoms with van der Waals surface area (Å²) in [5.74, 6) is 0. The summed E-state index contributed by atoms with van der Waals surface area (Å²) >= 11 is 0. The molecule has 0 aromatic heterocycles. The predicted molar refractivity (Wildman–Crippen MR) is 79.9 cm³/mol. The first-order valence-corrected chi connectivity index (χ1v) is 7.75. The molecule has 0 saturated carbocycles. The first-order chi connectivity index (χ1) is 9.17. The van der Waals surface area contributed by atoms with E-state index in [1.165, 1.54) is 32.1 Å². The summed E-state index contributed by atoms with van der Waals surface area (Å²) in [6.45, 7) is 2.24. The zero-order chi connectivity index (χ0) is 13.7. The van der Waals surface area contributed by atoms with Crippen LogP contribution in [-0.4, -0.2) is 5.11 Å². The summed E-state index contributed by atoms with van der Waals surface area (Å²) in [6, 6.07) is 8.11. The smallest absolute Gasteiger partial charge is 0.0917 e. The maximum Gasteiger partial charge on any atom is 0.0917 e. The van der Waals surface area contributed by atoms with Gasteiger partial charge in [0, 0.05) is 6.04 Å². The molecule has 2 rings (SSSR count). The third kappa shape index (κ3) is 3.37. The van der Waals surface area contributed by atoms with E-state index < -0.39 is 5.60 Å². The minimum atomic E-state index is -0.680. The van der Waals surface area contributed by atoms with Crippen LogP contribution in [0.15, 0.2) is 24.3 Å². The molecule has 2 nitrogen and oxygen atoms in total. The fourth-order valence-corrected chi connectivity index (χ4v) is 3.26. The zero-order valence-corrected chi connectivity index (χ0v) is 12.1. The lowest BCUT2D eigenvalue weighted by atomic mass is 9.89. The van der Waals surface area contributed by atoms with E-state index in [9.17, 15) is 5.11 Å². The van der Waals surface area contributed by atoms with Gasteiger partial charge in [0.2, 0.25) is 0 Å². The number of hydrogen-bond donors (Lipinski definition) is 2. The van der Waals surface area contributed by atoms with Crippen LogP contribution in [0.25, 0.3) is 0 Å². The van der Waals surface area contributed by atoms with Crippen LogP contribution >= 0.6 is 0 Å². The Kier molecular flexibility index (Phi) is 5.00. The summed E-state index contributed by atoms with van der Waals surface area (Å²) < 4.78 is 0. The topological polar surface area (TPSA) is 46.2 Å². The number of fused-ring (bicyclic) bond motifs is 1. The lowest BCUT2D eigenvalue weighted by Gasteiger charge is -2.24. The monoisotopic (exact) mass is 261 g/mol. The zero-order valence-electron chi connectivity index (χ0n) is 12.1. The van der Waals surface area contributed by atoms with Gasteiger partial charge in [-0.25, -0.2) is 0 Å². The molecule has 0 bridgehead atoms. The Balaban J connectivity index is 1.87. The van der Waals surface area contributed by atoms with Crippen LogP contribution in [0.4, 0.5) is 0 Å². The minimum Gasteiger partial charge on any atom is -0.385 e. The maximum absolute atomic E-state index is 10.8. The lowest BCUT2D eigenvalue weighted by Crippen LogP contribution is -2.23. The van der Waals surface area contributed by atoms with Crippen molar-refractivity contribution >= 4 is 0 Å². The standard InChI is InChI=1S/C17H27NO/c1-2-3-4-5-6-9-12-17(19)13-16(18)14-10-7-8-11-15(14)17/h7-8,10-11,16,19H,2-6,9,12-13,18H2,1H3. The molecule has 106 valence electrons. The Morgan fingerprint density at radius 3 is 2.63 bits per heavy atom. The average molecular weight is 261 g/mol. The number of rotatable bonds is 7. The van der Waals surface area contributed by atoms with Gasteiger partial charge in [0.1, 0.15) is 0 Å². The Morgan fingerprint density at radius 1 is 1.16 bits per heavy atom. The molecule has 3 N–H and O–H groups in total. The average Bonchev–Trinajstić information content (AvgIpc) is 2.67. The number of unbranched alkanes of at least 4 members (excludes halogenated alkanes) is 5. The van der Waals surface area contributed by atoms with Crippen LogP contribution in [0.1, 0.15) is 75.5 Å². The second-order valence-electron chi connectivity index (χ2n) is 5.95. The van der Waals surface area contributed by atoms with Crippen molar-refractivity contribution in [1.29, 1.82) is 0 Å². The van der Waals surface area contributed by atoms with E-state index >= 15 is 0 Å². The number of aliphatic hydroxyl groups is 1. The SMILES string of the molecule is CCCCCCCCC1(O)CC(N)c2ccccc21.